The molecule has 0 aliphatic heterocycles. The molecule has 0 saturated heterocycles. The summed E-state index contributed by atoms with van der Waals surface area (Å²) in [7, 11) is 0. The number of imidazole rings is 1. The zero-order chi connectivity index (χ0) is 18.6. The van der Waals surface area contributed by atoms with Crippen LogP contribution in [0, 0.1) is 13.8 Å². The van der Waals surface area contributed by atoms with Crippen molar-refractivity contribution in [3.05, 3.63) is 56.4 Å². The number of aromatic amines is 1. The maximum Gasteiger partial charge on any atom is 0.159 e. The molecule has 0 aliphatic carbocycles. The average Bonchev–Trinajstić information content (AvgIpc) is 3.15. The highest BCUT2D eigenvalue weighted by atomic mass is 79.9. The van der Waals surface area contributed by atoms with Crippen molar-refractivity contribution in [2.75, 3.05) is 5.73 Å². The summed E-state index contributed by atoms with van der Waals surface area (Å²) in [5, 5.41) is 1.26. The second-order valence-electron chi connectivity index (χ2n) is 6.02. The van der Waals surface area contributed by atoms with Crippen molar-refractivity contribution in [1.82, 2.24) is 19.5 Å². The standard InChI is InChI=1S/C18H14BrCl2N5/c1-8-5-11(9(2)26(8)14-6-10(20)3-4-13(14)21)17-24-16-15(22)12(19)7-23-18(16)25-17/h3-7H,1-2H3,(H3,22,23,24,25). The Labute approximate surface area is 168 Å². The zero-order valence-corrected chi connectivity index (χ0v) is 17.0. The highest BCUT2D eigenvalue weighted by Gasteiger charge is 2.18. The van der Waals surface area contributed by atoms with E-state index >= 15 is 0 Å². The summed E-state index contributed by atoms with van der Waals surface area (Å²) in [6.45, 7) is 4.03. The van der Waals surface area contributed by atoms with Crippen LogP contribution in [0.2, 0.25) is 10.0 Å². The smallest absolute Gasteiger partial charge is 0.159 e. The number of nitrogen functional groups attached to an aromatic ring is 1. The Hall–Kier alpha value is -2.02. The molecule has 0 fully saturated rings. The molecule has 0 saturated carbocycles. The molecule has 26 heavy (non-hydrogen) atoms. The second kappa shape index (κ2) is 6.30. The van der Waals surface area contributed by atoms with Crippen molar-refractivity contribution >= 4 is 56.0 Å². The van der Waals surface area contributed by atoms with Crippen molar-refractivity contribution < 1.29 is 0 Å². The molecule has 3 aromatic heterocycles. The van der Waals surface area contributed by atoms with E-state index in [1.165, 1.54) is 0 Å². The summed E-state index contributed by atoms with van der Waals surface area (Å²) in [6, 6.07) is 7.47. The number of pyridine rings is 1. The normalized spacial score (nSPS) is 11.4. The van der Waals surface area contributed by atoms with Gasteiger partial charge in [0.1, 0.15) is 11.3 Å². The van der Waals surface area contributed by atoms with Crippen LogP contribution in [0.25, 0.3) is 28.2 Å². The minimum atomic E-state index is 0.559. The maximum atomic E-state index is 6.40. The maximum absolute atomic E-state index is 6.40. The molecule has 4 rings (SSSR count). The molecular weight excluding hydrogens is 437 g/mol. The molecule has 0 aliphatic rings. The van der Waals surface area contributed by atoms with Crippen LogP contribution in [0.5, 0.6) is 0 Å². The van der Waals surface area contributed by atoms with E-state index in [4.69, 9.17) is 28.9 Å². The number of nitrogens with one attached hydrogen (secondary N) is 1. The van der Waals surface area contributed by atoms with E-state index in [2.05, 4.69) is 41.5 Å². The van der Waals surface area contributed by atoms with Crippen molar-refractivity contribution in [2.45, 2.75) is 13.8 Å². The first kappa shape index (κ1) is 17.4. The minimum Gasteiger partial charge on any atom is -0.396 e. The van der Waals surface area contributed by atoms with E-state index in [1.807, 2.05) is 19.9 Å². The number of nitrogens with zero attached hydrogens (tertiary/aromatic N) is 3. The summed E-state index contributed by atoms with van der Waals surface area (Å²) >= 11 is 15.9. The summed E-state index contributed by atoms with van der Waals surface area (Å²) in [6.07, 6.45) is 1.66. The lowest BCUT2D eigenvalue weighted by atomic mass is 10.2. The SMILES string of the molecule is Cc1cc(-c2nc3c(N)c(Br)cnc3[nH]2)c(C)n1-c1cc(Cl)ccc1Cl. The highest BCUT2D eigenvalue weighted by Crippen LogP contribution is 2.34. The average molecular weight is 451 g/mol. The van der Waals surface area contributed by atoms with Crippen LogP contribution in [0.3, 0.4) is 0 Å². The Morgan fingerprint density at radius 1 is 1.19 bits per heavy atom. The Kier molecular flexibility index (Phi) is 4.22. The van der Waals surface area contributed by atoms with E-state index in [-0.39, 0.29) is 0 Å². The number of aryl methyl sites for hydroxylation is 1. The van der Waals surface area contributed by atoms with Gasteiger partial charge in [0, 0.05) is 28.2 Å². The van der Waals surface area contributed by atoms with Gasteiger partial charge in [0.05, 0.1) is 20.9 Å². The van der Waals surface area contributed by atoms with E-state index in [9.17, 15) is 0 Å². The van der Waals surface area contributed by atoms with Crippen LogP contribution < -0.4 is 5.73 Å². The number of halogens is 3. The lowest BCUT2D eigenvalue weighted by Crippen LogP contribution is -2.00. The lowest BCUT2D eigenvalue weighted by molar-refractivity contribution is 0.966. The summed E-state index contributed by atoms with van der Waals surface area (Å²) in [4.78, 5) is 12.2. The van der Waals surface area contributed by atoms with Crippen LogP contribution in [0.15, 0.2) is 34.9 Å². The van der Waals surface area contributed by atoms with Crippen LogP contribution in [-0.2, 0) is 0 Å². The Morgan fingerprint density at radius 2 is 1.96 bits per heavy atom. The zero-order valence-electron chi connectivity index (χ0n) is 13.9. The quantitative estimate of drug-likeness (QED) is 0.412. The van der Waals surface area contributed by atoms with Gasteiger partial charge in [-0.25, -0.2) is 9.97 Å². The van der Waals surface area contributed by atoms with E-state index in [1.54, 1.807) is 18.3 Å². The molecule has 8 heteroatoms. The van der Waals surface area contributed by atoms with Gasteiger partial charge in [0.2, 0.25) is 0 Å². The molecule has 3 N–H and O–H groups in total. The van der Waals surface area contributed by atoms with Gasteiger partial charge in [-0.05, 0) is 54.0 Å². The minimum absolute atomic E-state index is 0.559. The van der Waals surface area contributed by atoms with E-state index < -0.39 is 0 Å². The Bertz CT molecular complexity index is 1160. The predicted octanol–water partition coefficient (Wildman–Crippen LogP) is 5.68. The van der Waals surface area contributed by atoms with Gasteiger partial charge in [-0.15, -0.1) is 0 Å². The molecule has 5 nitrogen and oxygen atoms in total. The van der Waals surface area contributed by atoms with Gasteiger partial charge in [-0.3, -0.25) is 0 Å². The summed E-state index contributed by atoms with van der Waals surface area (Å²) < 4.78 is 2.78. The van der Waals surface area contributed by atoms with Gasteiger partial charge >= 0.3 is 0 Å². The third-order valence-corrected chi connectivity index (χ3v) is 5.53. The number of hydrogen-bond donors (Lipinski definition) is 2. The van der Waals surface area contributed by atoms with Gasteiger partial charge < -0.3 is 15.3 Å². The van der Waals surface area contributed by atoms with Gasteiger partial charge in [-0.1, -0.05) is 23.2 Å². The number of fused-ring (bicyclic) bond motifs is 1. The molecule has 0 unspecified atom stereocenters. The molecule has 4 aromatic rings. The highest BCUT2D eigenvalue weighted by molar-refractivity contribution is 9.10. The lowest BCUT2D eigenvalue weighted by Gasteiger charge is -2.12. The van der Waals surface area contributed by atoms with E-state index in [0.717, 1.165) is 27.1 Å². The topological polar surface area (TPSA) is 72.5 Å². The third-order valence-electron chi connectivity index (χ3n) is 4.34. The number of hydrogen-bond acceptors (Lipinski definition) is 3. The van der Waals surface area contributed by atoms with Crippen LogP contribution >= 0.6 is 39.1 Å². The van der Waals surface area contributed by atoms with Gasteiger partial charge in [-0.2, -0.15) is 0 Å². The van der Waals surface area contributed by atoms with Crippen molar-refractivity contribution in [2.24, 2.45) is 0 Å². The largest absolute Gasteiger partial charge is 0.396 e. The fraction of sp³-hybridized carbons (Fsp3) is 0.111. The van der Waals surface area contributed by atoms with Gasteiger partial charge in [0.15, 0.2) is 5.65 Å². The number of nitrogens with two attached hydrogens (primary N) is 1. The molecule has 1 aromatic carbocycles. The number of anilines is 1. The van der Waals surface area contributed by atoms with Crippen molar-refractivity contribution in [3.63, 3.8) is 0 Å². The number of H-pyrrole nitrogens is 1. The molecule has 0 spiro atoms. The van der Waals surface area contributed by atoms with Crippen molar-refractivity contribution in [1.29, 1.82) is 0 Å². The van der Waals surface area contributed by atoms with Crippen LogP contribution in [0.1, 0.15) is 11.4 Å². The predicted molar refractivity (Wildman–Crippen MR) is 110 cm³/mol. The van der Waals surface area contributed by atoms with Gasteiger partial charge in [0.25, 0.3) is 0 Å². The molecule has 3 heterocycles. The second-order valence-corrected chi connectivity index (χ2v) is 7.72. The van der Waals surface area contributed by atoms with Crippen LogP contribution in [0.4, 0.5) is 5.69 Å². The first-order chi connectivity index (χ1) is 12.4. The Balaban J connectivity index is 1.92. The molecule has 132 valence electrons. The fourth-order valence-electron chi connectivity index (χ4n) is 3.11. The number of benzene rings is 1. The molecule has 0 bridgehead atoms. The van der Waals surface area contributed by atoms with E-state index in [0.29, 0.717) is 32.7 Å². The molecular formula is C18H14BrCl2N5. The third kappa shape index (κ3) is 2.69. The first-order valence-corrected chi connectivity index (χ1v) is 9.36. The summed E-state index contributed by atoms with van der Waals surface area (Å²) in [5.41, 5.74) is 11.7. The molecule has 0 radical (unpaired) electrons. The number of aromatic nitrogens is 4. The fourth-order valence-corrected chi connectivity index (χ4v) is 3.77. The molecule has 0 atom stereocenters. The number of rotatable bonds is 2. The Morgan fingerprint density at radius 3 is 2.73 bits per heavy atom. The van der Waals surface area contributed by atoms with Crippen molar-refractivity contribution in [3.8, 4) is 17.1 Å². The van der Waals surface area contributed by atoms with Crippen LogP contribution in [-0.4, -0.2) is 19.5 Å². The molecule has 0 amide bonds. The summed E-state index contributed by atoms with van der Waals surface area (Å²) in [5.74, 6) is 0.704. The first-order valence-electron chi connectivity index (χ1n) is 7.81. The monoisotopic (exact) mass is 449 g/mol.